The third-order valence-corrected chi connectivity index (χ3v) is 5.61. The third-order valence-electron chi connectivity index (χ3n) is 4.42. The summed E-state index contributed by atoms with van der Waals surface area (Å²) in [6.07, 6.45) is 0.186. The SMILES string of the molecule is COC(=O)c1c(NC(=O)C[NH+]2C[C@@H](C)O[C@H](C)C2)sc(C(=O)N(C)C)c1C. The number of nitrogens with one attached hydrogen (secondary N) is 2. The first-order valence-corrected chi connectivity index (χ1v) is 9.67. The molecule has 0 aromatic carbocycles. The van der Waals surface area contributed by atoms with Gasteiger partial charge in [-0.2, -0.15) is 0 Å². The van der Waals surface area contributed by atoms with E-state index in [9.17, 15) is 14.4 Å². The Morgan fingerprint density at radius 3 is 2.37 bits per heavy atom. The minimum atomic E-state index is -0.571. The minimum Gasteiger partial charge on any atom is -0.465 e. The van der Waals surface area contributed by atoms with E-state index in [-0.39, 0.29) is 36.1 Å². The molecule has 2 N–H and O–H groups in total. The van der Waals surface area contributed by atoms with Crippen molar-refractivity contribution in [3.05, 3.63) is 16.0 Å². The number of carbonyl (C=O) groups excluding carboxylic acids is 3. The van der Waals surface area contributed by atoms with Crippen molar-refractivity contribution < 1.29 is 28.8 Å². The first-order valence-electron chi connectivity index (χ1n) is 8.86. The number of esters is 1. The largest absolute Gasteiger partial charge is 0.465 e. The summed E-state index contributed by atoms with van der Waals surface area (Å²) in [4.78, 5) is 40.1. The Morgan fingerprint density at radius 2 is 1.85 bits per heavy atom. The Morgan fingerprint density at radius 1 is 1.26 bits per heavy atom. The van der Waals surface area contributed by atoms with Crippen LogP contribution in [0.3, 0.4) is 0 Å². The van der Waals surface area contributed by atoms with Gasteiger partial charge in [0.2, 0.25) is 0 Å². The van der Waals surface area contributed by atoms with E-state index in [0.29, 0.717) is 15.4 Å². The van der Waals surface area contributed by atoms with E-state index >= 15 is 0 Å². The van der Waals surface area contributed by atoms with Crippen LogP contribution in [-0.2, 0) is 14.3 Å². The van der Waals surface area contributed by atoms with Crippen LogP contribution < -0.4 is 10.2 Å². The number of carbonyl (C=O) groups is 3. The number of anilines is 1. The van der Waals surface area contributed by atoms with Crippen LogP contribution in [0.15, 0.2) is 0 Å². The zero-order valence-corrected chi connectivity index (χ0v) is 17.5. The van der Waals surface area contributed by atoms with Crippen LogP contribution in [0, 0.1) is 6.92 Å². The molecule has 1 aliphatic heterocycles. The normalized spacial score (nSPS) is 22.2. The number of hydrogen-bond donors (Lipinski definition) is 2. The Balaban J connectivity index is 2.21. The van der Waals surface area contributed by atoms with Gasteiger partial charge in [0.05, 0.1) is 17.6 Å². The van der Waals surface area contributed by atoms with Gasteiger partial charge in [-0.15, -0.1) is 11.3 Å². The van der Waals surface area contributed by atoms with Gasteiger partial charge in [0.1, 0.15) is 30.3 Å². The van der Waals surface area contributed by atoms with E-state index in [0.717, 1.165) is 29.3 Å². The first-order chi connectivity index (χ1) is 12.6. The standard InChI is InChI=1S/C18H27N3O5S/c1-10-7-21(8-11(2)26-10)9-13(22)19-16-14(18(24)25-6)12(3)15(27-16)17(23)20(4)5/h10-11H,7-9H2,1-6H3,(H,19,22)/p+1/t10-,11-/m1/s1. The lowest BCUT2D eigenvalue weighted by Gasteiger charge is -2.31. The number of quaternary nitrogens is 1. The number of thiophene rings is 1. The summed E-state index contributed by atoms with van der Waals surface area (Å²) in [5.74, 6) is -0.996. The molecular weight excluding hydrogens is 370 g/mol. The van der Waals surface area contributed by atoms with Gasteiger partial charge in [-0.25, -0.2) is 4.79 Å². The van der Waals surface area contributed by atoms with E-state index < -0.39 is 5.97 Å². The smallest absolute Gasteiger partial charge is 0.341 e. The van der Waals surface area contributed by atoms with E-state index in [1.165, 1.54) is 12.0 Å². The topological polar surface area (TPSA) is 89.4 Å². The molecule has 0 unspecified atom stereocenters. The number of methoxy groups -OCH3 is 1. The molecule has 1 saturated heterocycles. The molecule has 8 nitrogen and oxygen atoms in total. The number of rotatable bonds is 5. The molecule has 0 bridgehead atoms. The molecule has 1 aromatic heterocycles. The predicted octanol–water partition coefficient (Wildman–Crippen LogP) is 0.176. The Hall–Kier alpha value is -1.97. The Kier molecular flexibility index (Phi) is 6.96. The number of ether oxygens (including phenoxy) is 2. The number of hydrogen-bond acceptors (Lipinski definition) is 6. The van der Waals surface area contributed by atoms with Crippen LogP contribution in [0.25, 0.3) is 0 Å². The average molecular weight is 399 g/mol. The zero-order chi connectivity index (χ0) is 20.3. The second kappa shape index (κ2) is 8.81. The molecule has 9 heteroatoms. The molecule has 1 aromatic rings. The van der Waals surface area contributed by atoms with Gasteiger partial charge >= 0.3 is 5.97 Å². The summed E-state index contributed by atoms with van der Waals surface area (Å²) in [6.45, 7) is 7.43. The highest BCUT2D eigenvalue weighted by molar-refractivity contribution is 7.18. The van der Waals surface area contributed by atoms with Gasteiger partial charge in [-0.05, 0) is 26.3 Å². The number of nitrogens with zero attached hydrogens (tertiary/aromatic N) is 1. The van der Waals surface area contributed by atoms with Gasteiger partial charge < -0.3 is 24.6 Å². The molecule has 2 heterocycles. The van der Waals surface area contributed by atoms with Crippen LogP contribution in [0.4, 0.5) is 5.00 Å². The van der Waals surface area contributed by atoms with Crippen molar-refractivity contribution in [2.75, 3.05) is 46.2 Å². The molecule has 2 rings (SSSR count). The maximum Gasteiger partial charge on any atom is 0.341 e. The highest BCUT2D eigenvalue weighted by Crippen LogP contribution is 2.34. The first kappa shape index (κ1) is 21.3. The highest BCUT2D eigenvalue weighted by Gasteiger charge is 2.30. The molecule has 2 atom stereocenters. The van der Waals surface area contributed by atoms with E-state index in [1.54, 1.807) is 21.0 Å². The second-order valence-electron chi connectivity index (χ2n) is 7.09. The number of amides is 2. The molecule has 0 saturated carbocycles. The van der Waals surface area contributed by atoms with E-state index in [1.807, 2.05) is 13.8 Å². The fourth-order valence-electron chi connectivity index (χ4n) is 3.29. The maximum atomic E-state index is 12.6. The molecule has 2 amide bonds. The lowest BCUT2D eigenvalue weighted by Crippen LogP contribution is -3.16. The summed E-state index contributed by atoms with van der Waals surface area (Å²) >= 11 is 1.10. The predicted molar refractivity (Wildman–Crippen MR) is 103 cm³/mol. The summed E-state index contributed by atoms with van der Waals surface area (Å²) in [5.41, 5.74) is 0.751. The van der Waals surface area contributed by atoms with Crippen LogP contribution in [0.2, 0.25) is 0 Å². The lowest BCUT2D eigenvalue weighted by atomic mass is 10.1. The quantitative estimate of drug-likeness (QED) is 0.691. The fraction of sp³-hybridized carbons (Fsp3) is 0.611. The molecule has 1 fully saturated rings. The Bertz CT molecular complexity index is 721. The zero-order valence-electron chi connectivity index (χ0n) is 16.7. The molecule has 0 radical (unpaired) electrons. The van der Waals surface area contributed by atoms with E-state index in [4.69, 9.17) is 9.47 Å². The summed E-state index contributed by atoms with van der Waals surface area (Å²) in [7, 11) is 4.56. The monoisotopic (exact) mass is 398 g/mol. The minimum absolute atomic E-state index is 0.0930. The van der Waals surface area contributed by atoms with Crippen LogP contribution in [-0.4, -0.2) is 75.7 Å². The van der Waals surface area contributed by atoms with Crippen molar-refractivity contribution in [3.8, 4) is 0 Å². The van der Waals surface area contributed by atoms with Crippen molar-refractivity contribution in [2.24, 2.45) is 0 Å². The lowest BCUT2D eigenvalue weighted by molar-refractivity contribution is -0.907. The van der Waals surface area contributed by atoms with Gasteiger partial charge in [0.15, 0.2) is 6.54 Å². The molecule has 27 heavy (non-hydrogen) atoms. The summed E-state index contributed by atoms with van der Waals surface area (Å²) in [6, 6.07) is 0. The molecule has 0 spiro atoms. The third kappa shape index (κ3) is 5.06. The summed E-state index contributed by atoms with van der Waals surface area (Å²) < 4.78 is 10.5. The van der Waals surface area contributed by atoms with Crippen LogP contribution >= 0.6 is 11.3 Å². The fourth-order valence-corrected chi connectivity index (χ4v) is 4.52. The van der Waals surface area contributed by atoms with E-state index in [2.05, 4.69) is 5.32 Å². The van der Waals surface area contributed by atoms with Gasteiger partial charge in [0, 0.05) is 14.1 Å². The van der Waals surface area contributed by atoms with Crippen molar-refractivity contribution in [2.45, 2.75) is 33.0 Å². The second-order valence-corrected chi connectivity index (χ2v) is 8.11. The number of morpholine rings is 1. The Labute approximate surface area is 163 Å². The van der Waals surface area contributed by atoms with Crippen molar-refractivity contribution in [3.63, 3.8) is 0 Å². The molecular formula is C18H28N3O5S+. The van der Waals surface area contributed by atoms with Gasteiger partial charge in [-0.1, -0.05) is 0 Å². The van der Waals surface area contributed by atoms with Crippen LogP contribution in [0.1, 0.15) is 39.4 Å². The van der Waals surface area contributed by atoms with Crippen molar-refractivity contribution in [1.29, 1.82) is 0 Å². The average Bonchev–Trinajstić information content (AvgIpc) is 2.88. The van der Waals surface area contributed by atoms with Gasteiger partial charge in [-0.3, -0.25) is 9.59 Å². The van der Waals surface area contributed by atoms with Crippen molar-refractivity contribution >= 4 is 34.1 Å². The van der Waals surface area contributed by atoms with Gasteiger partial charge in [0.25, 0.3) is 11.8 Å². The highest BCUT2D eigenvalue weighted by atomic mass is 32.1. The molecule has 0 aliphatic carbocycles. The summed E-state index contributed by atoms with van der Waals surface area (Å²) in [5, 5.41) is 3.15. The molecule has 150 valence electrons. The van der Waals surface area contributed by atoms with Crippen molar-refractivity contribution in [1.82, 2.24) is 4.90 Å². The van der Waals surface area contributed by atoms with Crippen LogP contribution in [0.5, 0.6) is 0 Å². The molecule has 1 aliphatic rings. The maximum absolute atomic E-state index is 12.6.